The number of carbonyl (C=O) groups is 1. The summed E-state index contributed by atoms with van der Waals surface area (Å²) < 4.78 is 7.30. The molecule has 1 amide bonds. The van der Waals surface area contributed by atoms with E-state index in [1.54, 1.807) is 6.20 Å². The van der Waals surface area contributed by atoms with Gasteiger partial charge in [0.25, 0.3) is 5.91 Å². The smallest absolute Gasteiger partial charge is 0.251 e. The molecule has 1 aromatic carbocycles. The van der Waals surface area contributed by atoms with Crippen LogP contribution in [0.1, 0.15) is 36.7 Å². The van der Waals surface area contributed by atoms with E-state index in [1.807, 2.05) is 41.2 Å². The van der Waals surface area contributed by atoms with Crippen molar-refractivity contribution in [1.29, 1.82) is 0 Å². The first-order valence-electron chi connectivity index (χ1n) is 7.91. The number of hydrogen-bond acceptors (Lipinski definition) is 3. The van der Waals surface area contributed by atoms with Crippen LogP contribution < -0.4 is 5.32 Å². The molecule has 2 rings (SSSR count). The molecule has 0 aliphatic carbocycles. The Kier molecular flexibility index (Phi) is 5.93. The van der Waals surface area contributed by atoms with Gasteiger partial charge in [0, 0.05) is 24.5 Å². The number of hydrogen-bond donors (Lipinski definition) is 1. The lowest BCUT2D eigenvalue weighted by Gasteiger charge is -2.19. The molecule has 5 nitrogen and oxygen atoms in total. The van der Waals surface area contributed by atoms with Crippen LogP contribution in [0.15, 0.2) is 42.7 Å². The van der Waals surface area contributed by atoms with Gasteiger partial charge >= 0.3 is 0 Å². The molecule has 0 aliphatic heterocycles. The third-order valence-corrected chi connectivity index (χ3v) is 3.57. The summed E-state index contributed by atoms with van der Waals surface area (Å²) in [7, 11) is 0. The monoisotopic (exact) mass is 315 g/mol. The zero-order valence-corrected chi connectivity index (χ0v) is 14.1. The van der Waals surface area contributed by atoms with E-state index in [9.17, 15) is 4.79 Å². The van der Waals surface area contributed by atoms with Gasteiger partial charge in [-0.1, -0.05) is 32.9 Å². The molecule has 0 saturated carbocycles. The Hall–Kier alpha value is -2.14. The Morgan fingerprint density at radius 1 is 1.22 bits per heavy atom. The van der Waals surface area contributed by atoms with Crippen LogP contribution in [0.3, 0.4) is 0 Å². The molecule has 1 heterocycles. The summed E-state index contributed by atoms with van der Waals surface area (Å²) in [6, 6.07) is 9.64. The summed E-state index contributed by atoms with van der Waals surface area (Å²) >= 11 is 0. The maximum Gasteiger partial charge on any atom is 0.251 e. The zero-order chi connectivity index (χ0) is 16.7. The summed E-state index contributed by atoms with van der Waals surface area (Å²) in [6.45, 7) is 8.76. The summed E-state index contributed by atoms with van der Waals surface area (Å²) in [5.41, 5.74) is 1.99. The summed E-state index contributed by atoms with van der Waals surface area (Å²) in [4.78, 5) is 12.0. The van der Waals surface area contributed by atoms with Crippen molar-refractivity contribution in [2.45, 2.75) is 32.7 Å². The predicted molar refractivity (Wildman–Crippen MR) is 90.5 cm³/mol. The second kappa shape index (κ2) is 7.92. The number of nitrogens with zero attached hydrogens (tertiary/aromatic N) is 2. The molecule has 5 heteroatoms. The van der Waals surface area contributed by atoms with Gasteiger partial charge in [-0.25, -0.2) is 0 Å². The zero-order valence-electron chi connectivity index (χ0n) is 14.1. The van der Waals surface area contributed by atoms with Gasteiger partial charge in [0.1, 0.15) is 0 Å². The lowest BCUT2D eigenvalue weighted by atomic mass is 9.87. The quantitative estimate of drug-likeness (QED) is 0.799. The molecule has 0 saturated heterocycles. The van der Waals surface area contributed by atoms with Crippen LogP contribution in [0.4, 0.5) is 0 Å². The lowest BCUT2D eigenvalue weighted by molar-refractivity contribution is 0.0906. The van der Waals surface area contributed by atoms with E-state index in [0.717, 1.165) is 6.54 Å². The Labute approximate surface area is 137 Å². The first-order chi connectivity index (χ1) is 11.0. The van der Waals surface area contributed by atoms with Crippen LogP contribution in [0, 0.1) is 0 Å². The predicted octanol–water partition coefficient (Wildman–Crippen LogP) is 2.63. The largest absolute Gasteiger partial charge is 0.378 e. The van der Waals surface area contributed by atoms with Crippen molar-refractivity contribution in [3.63, 3.8) is 0 Å². The Morgan fingerprint density at radius 2 is 1.96 bits per heavy atom. The maximum atomic E-state index is 12.0. The van der Waals surface area contributed by atoms with Crippen LogP contribution >= 0.6 is 0 Å². The van der Waals surface area contributed by atoms with Crippen molar-refractivity contribution < 1.29 is 9.53 Å². The molecule has 1 N–H and O–H groups in total. The SMILES string of the molecule is CC(C)(C)c1ccc(C(=O)NCCOCCn2cccn2)cc1. The molecule has 0 spiro atoms. The third kappa shape index (κ3) is 5.53. The van der Waals surface area contributed by atoms with Gasteiger partial charge in [0.15, 0.2) is 0 Å². The van der Waals surface area contributed by atoms with E-state index < -0.39 is 0 Å². The van der Waals surface area contributed by atoms with Crippen LogP contribution in [0.25, 0.3) is 0 Å². The summed E-state index contributed by atoms with van der Waals surface area (Å²) in [5, 5.41) is 6.96. The maximum absolute atomic E-state index is 12.0. The molecule has 0 radical (unpaired) electrons. The molecule has 0 atom stereocenters. The Bertz CT molecular complexity index is 598. The van der Waals surface area contributed by atoms with E-state index >= 15 is 0 Å². The third-order valence-electron chi connectivity index (χ3n) is 3.57. The molecule has 1 aromatic heterocycles. The van der Waals surface area contributed by atoms with Gasteiger partial charge in [-0.2, -0.15) is 5.10 Å². The fourth-order valence-electron chi connectivity index (χ4n) is 2.15. The van der Waals surface area contributed by atoms with E-state index in [0.29, 0.717) is 25.3 Å². The second-order valence-electron chi connectivity index (χ2n) is 6.46. The van der Waals surface area contributed by atoms with Gasteiger partial charge in [-0.15, -0.1) is 0 Å². The molecule has 0 bridgehead atoms. The van der Waals surface area contributed by atoms with Gasteiger partial charge in [-0.05, 0) is 29.2 Å². The van der Waals surface area contributed by atoms with Crippen LogP contribution in [0.5, 0.6) is 0 Å². The van der Waals surface area contributed by atoms with Crippen molar-refractivity contribution in [3.8, 4) is 0 Å². The highest BCUT2D eigenvalue weighted by Crippen LogP contribution is 2.22. The highest BCUT2D eigenvalue weighted by atomic mass is 16.5. The van der Waals surface area contributed by atoms with Crippen molar-refractivity contribution in [2.75, 3.05) is 19.8 Å². The van der Waals surface area contributed by atoms with Crippen LogP contribution in [-0.4, -0.2) is 35.4 Å². The molecular weight excluding hydrogens is 290 g/mol. The minimum atomic E-state index is -0.0684. The number of carbonyl (C=O) groups excluding carboxylic acids is 1. The van der Waals surface area contributed by atoms with Crippen molar-refractivity contribution in [1.82, 2.24) is 15.1 Å². The standard InChI is InChI=1S/C18H25N3O2/c1-18(2,3)16-7-5-15(6-8-16)17(22)19-10-13-23-14-12-21-11-4-9-20-21/h4-9,11H,10,12-14H2,1-3H3,(H,19,22). The highest BCUT2D eigenvalue weighted by molar-refractivity contribution is 5.94. The fourth-order valence-corrected chi connectivity index (χ4v) is 2.15. The number of ether oxygens (including phenoxy) is 1. The average molecular weight is 315 g/mol. The number of aromatic nitrogens is 2. The number of amides is 1. The van der Waals surface area contributed by atoms with Crippen LogP contribution in [-0.2, 0) is 16.7 Å². The first kappa shape index (κ1) is 17.2. The van der Waals surface area contributed by atoms with Gasteiger partial charge in [0.05, 0.1) is 19.8 Å². The van der Waals surface area contributed by atoms with E-state index in [-0.39, 0.29) is 11.3 Å². The molecule has 124 valence electrons. The van der Waals surface area contributed by atoms with Crippen molar-refractivity contribution in [3.05, 3.63) is 53.9 Å². The first-order valence-corrected chi connectivity index (χ1v) is 7.91. The fraction of sp³-hybridized carbons (Fsp3) is 0.444. The molecule has 23 heavy (non-hydrogen) atoms. The molecule has 0 unspecified atom stereocenters. The van der Waals surface area contributed by atoms with Gasteiger partial charge < -0.3 is 10.1 Å². The van der Waals surface area contributed by atoms with Crippen molar-refractivity contribution in [2.24, 2.45) is 0 Å². The minimum absolute atomic E-state index is 0.0684. The number of benzene rings is 1. The molecular formula is C18H25N3O2. The van der Waals surface area contributed by atoms with Gasteiger partial charge in [0.2, 0.25) is 0 Å². The number of nitrogens with one attached hydrogen (secondary N) is 1. The van der Waals surface area contributed by atoms with E-state index in [4.69, 9.17) is 4.74 Å². The van der Waals surface area contributed by atoms with E-state index in [1.165, 1.54) is 5.56 Å². The normalized spacial score (nSPS) is 11.4. The van der Waals surface area contributed by atoms with Crippen molar-refractivity contribution >= 4 is 5.91 Å². The number of rotatable bonds is 7. The minimum Gasteiger partial charge on any atom is -0.378 e. The molecule has 0 aliphatic rings. The second-order valence-corrected chi connectivity index (χ2v) is 6.46. The molecule has 2 aromatic rings. The summed E-state index contributed by atoms with van der Waals surface area (Å²) in [5.74, 6) is -0.0684. The summed E-state index contributed by atoms with van der Waals surface area (Å²) in [6.07, 6.45) is 3.64. The van der Waals surface area contributed by atoms with E-state index in [2.05, 4.69) is 31.2 Å². The Balaban J connectivity index is 1.66. The highest BCUT2D eigenvalue weighted by Gasteiger charge is 2.14. The topological polar surface area (TPSA) is 56.1 Å². The molecule has 0 fully saturated rings. The van der Waals surface area contributed by atoms with Crippen LogP contribution in [0.2, 0.25) is 0 Å². The Morgan fingerprint density at radius 3 is 2.57 bits per heavy atom. The average Bonchev–Trinajstić information content (AvgIpc) is 3.03. The van der Waals surface area contributed by atoms with Gasteiger partial charge in [-0.3, -0.25) is 9.48 Å². The lowest BCUT2D eigenvalue weighted by Crippen LogP contribution is -2.27.